The molecule has 4 nitrogen and oxygen atoms in total. The number of anilines is 1. The Kier molecular flexibility index (Phi) is 4.38. The maximum absolute atomic E-state index is 11.2. The summed E-state index contributed by atoms with van der Waals surface area (Å²) in [7, 11) is 0. The van der Waals surface area contributed by atoms with Gasteiger partial charge in [-0.15, -0.1) is 0 Å². The predicted molar refractivity (Wildman–Crippen MR) is 81.4 cm³/mol. The molecule has 0 aliphatic rings. The topological polar surface area (TPSA) is 81.1 Å². The summed E-state index contributed by atoms with van der Waals surface area (Å²) in [6, 6.07) is 13.6. The highest BCUT2D eigenvalue weighted by molar-refractivity contribution is 5.94. The standard InChI is InChI=1S/C16H19N3O/c1-11-8-14(6-7-15(11)16(18)20)19-10-13-5-3-2-4-12(13)9-17/h2-8,19H,9-10,17H2,1H3,(H2,18,20). The minimum absolute atomic E-state index is 0.400. The Morgan fingerprint density at radius 3 is 2.45 bits per heavy atom. The molecule has 0 spiro atoms. The van der Waals surface area contributed by atoms with Crippen LogP contribution in [0.25, 0.3) is 0 Å². The van der Waals surface area contributed by atoms with E-state index in [0.717, 1.165) is 16.8 Å². The Morgan fingerprint density at radius 1 is 1.15 bits per heavy atom. The zero-order valence-electron chi connectivity index (χ0n) is 11.5. The van der Waals surface area contributed by atoms with Crippen molar-refractivity contribution >= 4 is 11.6 Å². The van der Waals surface area contributed by atoms with Gasteiger partial charge >= 0.3 is 0 Å². The lowest BCUT2D eigenvalue weighted by Gasteiger charge is -2.11. The van der Waals surface area contributed by atoms with Gasteiger partial charge in [-0.1, -0.05) is 24.3 Å². The first-order chi connectivity index (χ1) is 9.61. The van der Waals surface area contributed by atoms with Crippen LogP contribution in [0.3, 0.4) is 0 Å². The molecule has 5 N–H and O–H groups in total. The number of amides is 1. The van der Waals surface area contributed by atoms with Gasteiger partial charge in [0, 0.05) is 24.3 Å². The van der Waals surface area contributed by atoms with Crippen molar-refractivity contribution in [2.45, 2.75) is 20.0 Å². The number of aryl methyl sites for hydroxylation is 1. The van der Waals surface area contributed by atoms with Crippen LogP contribution in [0.15, 0.2) is 42.5 Å². The van der Waals surface area contributed by atoms with Gasteiger partial charge in [0.2, 0.25) is 5.91 Å². The van der Waals surface area contributed by atoms with Crippen molar-refractivity contribution in [2.75, 3.05) is 5.32 Å². The fraction of sp³-hybridized carbons (Fsp3) is 0.188. The first-order valence-electron chi connectivity index (χ1n) is 6.53. The summed E-state index contributed by atoms with van der Waals surface area (Å²) in [6.45, 7) is 3.10. The van der Waals surface area contributed by atoms with E-state index in [0.29, 0.717) is 18.7 Å². The number of carbonyl (C=O) groups is 1. The third-order valence-corrected chi connectivity index (χ3v) is 3.31. The molecule has 1 amide bonds. The molecule has 0 atom stereocenters. The lowest BCUT2D eigenvalue weighted by molar-refractivity contribution is 0.1000. The van der Waals surface area contributed by atoms with Gasteiger partial charge in [0.1, 0.15) is 0 Å². The van der Waals surface area contributed by atoms with Gasteiger partial charge in [-0.3, -0.25) is 4.79 Å². The van der Waals surface area contributed by atoms with E-state index in [1.807, 2.05) is 37.3 Å². The van der Waals surface area contributed by atoms with Gasteiger partial charge in [0.05, 0.1) is 0 Å². The second-order valence-corrected chi connectivity index (χ2v) is 4.72. The average Bonchev–Trinajstić information content (AvgIpc) is 2.45. The molecule has 0 radical (unpaired) electrons. The number of carbonyl (C=O) groups excluding carboxylic acids is 1. The molecule has 0 aliphatic carbocycles. The highest BCUT2D eigenvalue weighted by Gasteiger charge is 2.05. The molecule has 0 heterocycles. The SMILES string of the molecule is Cc1cc(NCc2ccccc2CN)ccc1C(N)=O. The van der Waals surface area contributed by atoms with Gasteiger partial charge in [0.25, 0.3) is 0 Å². The Hall–Kier alpha value is -2.33. The third-order valence-electron chi connectivity index (χ3n) is 3.31. The highest BCUT2D eigenvalue weighted by atomic mass is 16.1. The zero-order chi connectivity index (χ0) is 14.5. The van der Waals surface area contributed by atoms with Crippen LogP contribution in [-0.4, -0.2) is 5.91 Å². The summed E-state index contributed by atoms with van der Waals surface area (Å²) in [5.41, 5.74) is 15.7. The summed E-state index contributed by atoms with van der Waals surface area (Å²) in [6.07, 6.45) is 0. The van der Waals surface area contributed by atoms with E-state index in [-0.39, 0.29) is 0 Å². The van der Waals surface area contributed by atoms with Gasteiger partial charge in [-0.2, -0.15) is 0 Å². The second kappa shape index (κ2) is 6.21. The van der Waals surface area contributed by atoms with Crippen LogP contribution in [0.4, 0.5) is 5.69 Å². The fourth-order valence-electron chi connectivity index (χ4n) is 2.18. The van der Waals surface area contributed by atoms with Crippen molar-refractivity contribution in [2.24, 2.45) is 11.5 Å². The predicted octanol–water partition coefficient (Wildman–Crippen LogP) is 2.16. The zero-order valence-corrected chi connectivity index (χ0v) is 11.5. The van der Waals surface area contributed by atoms with Gasteiger partial charge in [-0.25, -0.2) is 0 Å². The fourth-order valence-corrected chi connectivity index (χ4v) is 2.18. The minimum atomic E-state index is -0.400. The van der Waals surface area contributed by atoms with E-state index in [1.54, 1.807) is 6.07 Å². The first kappa shape index (κ1) is 14.1. The molecule has 0 bridgehead atoms. The molecule has 104 valence electrons. The molecule has 2 aromatic rings. The number of rotatable bonds is 5. The Bertz CT molecular complexity index is 623. The maximum atomic E-state index is 11.2. The molecule has 0 unspecified atom stereocenters. The smallest absolute Gasteiger partial charge is 0.248 e. The van der Waals surface area contributed by atoms with E-state index >= 15 is 0 Å². The lowest BCUT2D eigenvalue weighted by atomic mass is 10.1. The Balaban J connectivity index is 2.11. The normalized spacial score (nSPS) is 10.3. The summed E-state index contributed by atoms with van der Waals surface area (Å²) in [5, 5.41) is 3.33. The molecule has 4 heteroatoms. The molecule has 0 fully saturated rings. The molecule has 20 heavy (non-hydrogen) atoms. The third kappa shape index (κ3) is 3.16. The number of hydrogen-bond donors (Lipinski definition) is 3. The van der Waals surface area contributed by atoms with Crippen molar-refractivity contribution in [1.82, 2.24) is 0 Å². The quantitative estimate of drug-likeness (QED) is 0.778. The van der Waals surface area contributed by atoms with Crippen LogP contribution in [0, 0.1) is 6.92 Å². The van der Waals surface area contributed by atoms with Crippen molar-refractivity contribution in [3.05, 3.63) is 64.7 Å². The first-order valence-corrected chi connectivity index (χ1v) is 6.53. The van der Waals surface area contributed by atoms with Crippen LogP contribution >= 0.6 is 0 Å². The number of benzene rings is 2. The van der Waals surface area contributed by atoms with Gasteiger partial charge in [0.15, 0.2) is 0 Å². The van der Waals surface area contributed by atoms with E-state index < -0.39 is 5.91 Å². The maximum Gasteiger partial charge on any atom is 0.248 e. The Labute approximate surface area is 118 Å². The number of nitrogens with two attached hydrogens (primary N) is 2. The molecule has 2 rings (SSSR count). The largest absolute Gasteiger partial charge is 0.381 e. The van der Waals surface area contributed by atoms with E-state index in [1.165, 1.54) is 5.56 Å². The summed E-state index contributed by atoms with van der Waals surface area (Å²) >= 11 is 0. The van der Waals surface area contributed by atoms with Crippen LogP contribution in [0.2, 0.25) is 0 Å². The van der Waals surface area contributed by atoms with Crippen LogP contribution in [0.1, 0.15) is 27.0 Å². The van der Waals surface area contributed by atoms with Gasteiger partial charge in [-0.05, 0) is 41.8 Å². The molecule has 0 saturated carbocycles. The molecule has 0 aromatic heterocycles. The van der Waals surface area contributed by atoms with E-state index in [9.17, 15) is 4.79 Å². The van der Waals surface area contributed by atoms with Crippen molar-refractivity contribution in [1.29, 1.82) is 0 Å². The number of hydrogen-bond acceptors (Lipinski definition) is 3. The van der Waals surface area contributed by atoms with Gasteiger partial charge < -0.3 is 16.8 Å². The summed E-state index contributed by atoms with van der Waals surface area (Å²) < 4.78 is 0. The average molecular weight is 269 g/mol. The van der Waals surface area contributed by atoms with Crippen molar-refractivity contribution in [3.8, 4) is 0 Å². The Morgan fingerprint density at radius 2 is 1.85 bits per heavy atom. The van der Waals surface area contributed by atoms with Crippen LogP contribution < -0.4 is 16.8 Å². The number of nitrogens with one attached hydrogen (secondary N) is 1. The molecular formula is C16H19N3O. The second-order valence-electron chi connectivity index (χ2n) is 4.72. The molecular weight excluding hydrogens is 250 g/mol. The minimum Gasteiger partial charge on any atom is -0.381 e. The van der Waals surface area contributed by atoms with Crippen molar-refractivity contribution in [3.63, 3.8) is 0 Å². The molecule has 2 aromatic carbocycles. The van der Waals surface area contributed by atoms with Crippen molar-refractivity contribution < 1.29 is 4.79 Å². The summed E-state index contributed by atoms with van der Waals surface area (Å²) in [4.78, 5) is 11.2. The summed E-state index contributed by atoms with van der Waals surface area (Å²) in [5.74, 6) is -0.400. The molecule has 0 saturated heterocycles. The molecule has 0 aliphatic heterocycles. The van der Waals surface area contributed by atoms with E-state index in [2.05, 4.69) is 11.4 Å². The number of primary amides is 1. The lowest BCUT2D eigenvalue weighted by Crippen LogP contribution is -2.13. The monoisotopic (exact) mass is 269 g/mol. The van der Waals surface area contributed by atoms with E-state index in [4.69, 9.17) is 11.5 Å². The highest BCUT2D eigenvalue weighted by Crippen LogP contribution is 2.17. The van der Waals surface area contributed by atoms with Crippen LogP contribution in [0.5, 0.6) is 0 Å². The van der Waals surface area contributed by atoms with Crippen LogP contribution in [-0.2, 0) is 13.1 Å².